The number of pyridine rings is 1. The number of rotatable bonds is 3. The lowest BCUT2D eigenvalue weighted by Gasteiger charge is -2.28. The van der Waals surface area contributed by atoms with E-state index in [2.05, 4.69) is 9.88 Å². The first-order valence-electron chi connectivity index (χ1n) is 10.1. The Morgan fingerprint density at radius 2 is 1.73 bits per heavy atom. The lowest BCUT2D eigenvalue weighted by Crippen LogP contribution is -2.29. The number of aromatic nitrogens is 3. The molecule has 0 atom stereocenters. The Bertz CT molecular complexity index is 1210. The number of imidazole rings is 1. The topological polar surface area (TPSA) is 80.2 Å². The molecule has 1 aliphatic rings. The van der Waals surface area contributed by atoms with Crippen LogP contribution in [0.5, 0.6) is 5.75 Å². The molecule has 1 saturated heterocycles. The first-order valence-corrected chi connectivity index (χ1v) is 10.1. The first-order chi connectivity index (χ1) is 14.6. The highest BCUT2D eigenvalue weighted by molar-refractivity contribution is 5.90. The van der Waals surface area contributed by atoms with Gasteiger partial charge in [-0.05, 0) is 67.8 Å². The molecule has 3 heterocycles. The van der Waals surface area contributed by atoms with Crippen molar-refractivity contribution < 1.29 is 9.50 Å². The summed E-state index contributed by atoms with van der Waals surface area (Å²) in [6.07, 6.45) is 5.33. The van der Waals surface area contributed by atoms with Crippen LogP contribution in [0.25, 0.3) is 28.2 Å². The number of aromatic hydroxyl groups is 1. The van der Waals surface area contributed by atoms with Gasteiger partial charge >= 0.3 is 0 Å². The molecule has 0 aliphatic carbocycles. The zero-order valence-corrected chi connectivity index (χ0v) is 16.4. The minimum absolute atomic E-state index is 0.0955. The van der Waals surface area contributed by atoms with Crippen molar-refractivity contribution in [3.05, 3.63) is 60.5 Å². The highest BCUT2D eigenvalue weighted by Gasteiger charge is 2.22. The average Bonchev–Trinajstić information content (AvgIpc) is 3.16. The Kier molecular flexibility index (Phi) is 4.50. The first kappa shape index (κ1) is 18.4. The second kappa shape index (κ2) is 7.33. The number of anilines is 2. The van der Waals surface area contributed by atoms with Gasteiger partial charge in [-0.1, -0.05) is 0 Å². The predicted octanol–water partition coefficient (Wildman–Crippen LogP) is 4.50. The third-order valence-corrected chi connectivity index (χ3v) is 5.59. The standard InChI is InChI=1S/C23H22FN5O/c24-18-14-15(4-9-19(18)25)22-27-21-20(28-12-2-1-3-13-28)10-11-26-23(21)29(22)16-5-7-17(30)8-6-16/h4-11,14,30H,1-3,12-13,25H2. The Morgan fingerprint density at radius 1 is 0.967 bits per heavy atom. The molecule has 0 radical (unpaired) electrons. The molecule has 0 spiro atoms. The van der Waals surface area contributed by atoms with Crippen LogP contribution in [0.2, 0.25) is 0 Å². The Labute approximate surface area is 173 Å². The molecule has 0 saturated carbocycles. The van der Waals surface area contributed by atoms with Gasteiger partial charge in [0.2, 0.25) is 0 Å². The van der Waals surface area contributed by atoms with Crippen LogP contribution in [0, 0.1) is 5.82 Å². The molecular weight excluding hydrogens is 381 g/mol. The summed E-state index contributed by atoms with van der Waals surface area (Å²) in [5.74, 6) is 0.262. The van der Waals surface area contributed by atoms with E-state index < -0.39 is 5.82 Å². The van der Waals surface area contributed by atoms with Crippen LogP contribution >= 0.6 is 0 Å². The fraction of sp³-hybridized carbons (Fsp3) is 0.217. The van der Waals surface area contributed by atoms with Crippen molar-refractivity contribution >= 4 is 22.5 Å². The number of nitrogen functional groups attached to an aromatic ring is 1. The summed E-state index contributed by atoms with van der Waals surface area (Å²) in [4.78, 5) is 11.9. The van der Waals surface area contributed by atoms with E-state index in [-0.39, 0.29) is 11.4 Å². The molecule has 5 rings (SSSR count). The molecule has 2 aromatic heterocycles. The van der Waals surface area contributed by atoms with Crippen LogP contribution in [0.1, 0.15) is 19.3 Å². The van der Waals surface area contributed by atoms with Crippen LogP contribution in [-0.4, -0.2) is 32.7 Å². The highest BCUT2D eigenvalue weighted by Crippen LogP contribution is 2.34. The number of piperidine rings is 1. The number of nitrogens with two attached hydrogens (primary N) is 1. The summed E-state index contributed by atoms with van der Waals surface area (Å²) in [6, 6.07) is 13.5. The van der Waals surface area contributed by atoms with Crippen molar-refractivity contribution in [1.82, 2.24) is 14.5 Å². The zero-order chi connectivity index (χ0) is 20.7. The maximum Gasteiger partial charge on any atom is 0.167 e. The van der Waals surface area contributed by atoms with Crippen LogP contribution in [0.3, 0.4) is 0 Å². The van der Waals surface area contributed by atoms with E-state index in [4.69, 9.17) is 10.7 Å². The molecule has 2 aromatic carbocycles. The number of benzene rings is 2. The molecular formula is C23H22FN5O. The second-order valence-corrected chi connectivity index (χ2v) is 7.57. The highest BCUT2D eigenvalue weighted by atomic mass is 19.1. The zero-order valence-electron chi connectivity index (χ0n) is 16.4. The van der Waals surface area contributed by atoms with Crippen molar-refractivity contribution in [2.45, 2.75) is 19.3 Å². The van der Waals surface area contributed by atoms with E-state index in [1.54, 1.807) is 42.6 Å². The van der Waals surface area contributed by atoms with E-state index in [1.165, 1.54) is 12.5 Å². The van der Waals surface area contributed by atoms with Crippen molar-refractivity contribution in [3.63, 3.8) is 0 Å². The molecule has 4 aromatic rings. The second-order valence-electron chi connectivity index (χ2n) is 7.57. The van der Waals surface area contributed by atoms with Gasteiger partial charge < -0.3 is 15.7 Å². The summed E-state index contributed by atoms with van der Waals surface area (Å²) in [5, 5.41) is 9.72. The number of phenols is 1. The van der Waals surface area contributed by atoms with Crippen molar-refractivity contribution in [1.29, 1.82) is 0 Å². The quantitative estimate of drug-likeness (QED) is 0.492. The summed E-state index contributed by atoms with van der Waals surface area (Å²) < 4.78 is 16.2. The molecule has 0 amide bonds. The third kappa shape index (κ3) is 3.12. The smallest absolute Gasteiger partial charge is 0.167 e. The number of halogens is 1. The average molecular weight is 403 g/mol. The fourth-order valence-electron chi connectivity index (χ4n) is 4.06. The van der Waals surface area contributed by atoms with Crippen molar-refractivity contribution in [3.8, 4) is 22.8 Å². The lowest BCUT2D eigenvalue weighted by molar-refractivity contribution is 0.475. The van der Waals surface area contributed by atoms with Gasteiger partial charge in [0.25, 0.3) is 0 Å². The fourth-order valence-corrected chi connectivity index (χ4v) is 4.06. The molecule has 3 N–H and O–H groups in total. The molecule has 6 nitrogen and oxygen atoms in total. The minimum Gasteiger partial charge on any atom is -0.508 e. The van der Waals surface area contributed by atoms with E-state index in [0.29, 0.717) is 17.0 Å². The van der Waals surface area contributed by atoms with E-state index in [9.17, 15) is 9.50 Å². The normalized spacial score (nSPS) is 14.4. The molecule has 7 heteroatoms. The summed E-state index contributed by atoms with van der Waals surface area (Å²) >= 11 is 0. The van der Waals surface area contributed by atoms with Gasteiger partial charge in [-0.15, -0.1) is 0 Å². The van der Waals surface area contributed by atoms with Crippen LogP contribution in [0.4, 0.5) is 15.8 Å². The van der Waals surface area contributed by atoms with E-state index >= 15 is 0 Å². The van der Waals surface area contributed by atoms with Crippen LogP contribution < -0.4 is 10.6 Å². The van der Waals surface area contributed by atoms with Gasteiger partial charge in [-0.3, -0.25) is 4.57 Å². The number of fused-ring (bicyclic) bond motifs is 1. The number of hydrogen-bond donors (Lipinski definition) is 2. The van der Waals surface area contributed by atoms with E-state index in [0.717, 1.165) is 42.8 Å². The minimum atomic E-state index is -0.485. The van der Waals surface area contributed by atoms with E-state index in [1.807, 2.05) is 10.6 Å². The molecule has 0 unspecified atom stereocenters. The van der Waals surface area contributed by atoms with Crippen molar-refractivity contribution in [2.24, 2.45) is 0 Å². The monoisotopic (exact) mass is 403 g/mol. The number of hydrogen-bond acceptors (Lipinski definition) is 5. The summed E-state index contributed by atoms with van der Waals surface area (Å²) in [6.45, 7) is 1.97. The van der Waals surface area contributed by atoms with Gasteiger partial charge in [0.05, 0.1) is 11.4 Å². The third-order valence-electron chi connectivity index (χ3n) is 5.59. The molecule has 152 valence electrons. The largest absolute Gasteiger partial charge is 0.508 e. The Balaban J connectivity index is 1.77. The molecule has 30 heavy (non-hydrogen) atoms. The van der Waals surface area contributed by atoms with Crippen LogP contribution in [-0.2, 0) is 0 Å². The van der Waals surface area contributed by atoms with Gasteiger partial charge in [0.15, 0.2) is 5.65 Å². The van der Waals surface area contributed by atoms with Gasteiger partial charge in [0.1, 0.15) is 22.9 Å². The SMILES string of the molecule is Nc1ccc(-c2nc3c(N4CCCCC4)ccnc3n2-c2ccc(O)cc2)cc1F. The number of nitrogens with zero attached hydrogens (tertiary/aromatic N) is 4. The summed E-state index contributed by atoms with van der Waals surface area (Å²) in [5.41, 5.74) is 9.67. The van der Waals surface area contributed by atoms with Gasteiger partial charge in [0, 0.05) is 30.5 Å². The Hall–Kier alpha value is -3.61. The predicted molar refractivity (Wildman–Crippen MR) is 116 cm³/mol. The van der Waals surface area contributed by atoms with Gasteiger partial charge in [-0.2, -0.15) is 0 Å². The molecule has 1 aliphatic heterocycles. The summed E-state index contributed by atoms with van der Waals surface area (Å²) in [7, 11) is 0. The number of phenolic OH excluding ortho intramolecular Hbond substituents is 1. The maximum atomic E-state index is 14.3. The maximum absolute atomic E-state index is 14.3. The molecule has 0 bridgehead atoms. The van der Waals surface area contributed by atoms with Crippen LogP contribution in [0.15, 0.2) is 54.7 Å². The Morgan fingerprint density at radius 3 is 2.47 bits per heavy atom. The van der Waals surface area contributed by atoms with Gasteiger partial charge in [-0.25, -0.2) is 14.4 Å². The lowest BCUT2D eigenvalue weighted by atomic mass is 10.1. The van der Waals surface area contributed by atoms with Crippen molar-refractivity contribution in [2.75, 3.05) is 23.7 Å². The molecule has 1 fully saturated rings.